The average molecular weight is 301 g/mol. The Morgan fingerprint density at radius 3 is 2.82 bits per heavy atom. The summed E-state index contributed by atoms with van der Waals surface area (Å²) in [5.74, 6) is -0.0634. The minimum absolute atomic E-state index is 0. The largest absolute Gasteiger partial charge is 0.356 e. The van der Waals surface area contributed by atoms with Crippen LogP contribution in [0.3, 0.4) is 0 Å². The van der Waals surface area contributed by atoms with Crippen molar-refractivity contribution in [2.75, 3.05) is 7.05 Å². The maximum Gasteiger partial charge on any atom is 0.232 e. The first-order valence-corrected chi connectivity index (χ1v) is 5.40. The summed E-state index contributed by atoms with van der Waals surface area (Å²) in [5.41, 5.74) is 2.97. The fraction of sp³-hybridized carbons (Fsp3) is 0.214. The van der Waals surface area contributed by atoms with Crippen molar-refractivity contribution in [1.82, 2.24) is 5.32 Å². The van der Waals surface area contributed by atoms with Gasteiger partial charge in [0.25, 0.3) is 0 Å². The van der Waals surface area contributed by atoms with Crippen molar-refractivity contribution in [2.24, 2.45) is 0 Å². The number of rotatable bonds is 3. The van der Waals surface area contributed by atoms with E-state index >= 15 is 0 Å². The number of hydrogen-bond acceptors (Lipinski definition) is 1. The summed E-state index contributed by atoms with van der Waals surface area (Å²) in [7, 11) is 1.63. The number of hydrogen-bond donors (Lipinski definition) is 1. The summed E-state index contributed by atoms with van der Waals surface area (Å²) in [4.78, 5) is 11.4. The quantitative estimate of drug-likeness (QED) is 0.854. The molecule has 1 aromatic rings. The van der Waals surface area contributed by atoms with E-state index in [4.69, 9.17) is 0 Å². The van der Waals surface area contributed by atoms with Crippen LogP contribution in [0.4, 0.5) is 0 Å². The first-order chi connectivity index (χ1) is 7.79. The van der Waals surface area contributed by atoms with Gasteiger partial charge < -0.3 is 5.32 Å². The van der Waals surface area contributed by atoms with E-state index in [-0.39, 0.29) is 38.6 Å². The summed E-state index contributed by atoms with van der Waals surface area (Å²) < 4.78 is 0. The second-order valence-corrected chi connectivity index (χ2v) is 3.76. The van der Waals surface area contributed by atoms with Gasteiger partial charge in [0.2, 0.25) is 5.91 Å². The Morgan fingerprint density at radius 1 is 1.47 bits per heavy atom. The van der Waals surface area contributed by atoms with Gasteiger partial charge in [0.15, 0.2) is 0 Å². The summed E-state index contributed by atoms with van der Waals surface area (Å²) in [6, 6.07) is 8.48. The van der Waals surface area contributed by atoms with Crippen LogP contribution in [0, 0.1) is 6.07 Å². The van der Waals surface area contributed by atoms with E-state index in [1.807, 2.05) is 12.1 Å². The minimum Gasteiger partial charge on any atom is -0.356 e. The Morgan fingerprint density at radius 2 is 2.24 bits per heavy atom. The molecule has 17 heavy (non-hydrogen) atoms. The molecule has 0 atom stereocenters. The molecule has 0 heterocycles. The normalized spacial score (nSPS) is 13.6. The molecule has 2 rings (SSSR count). The van der Waals surface area contributed by atoms with Crippen LogP contribution in [-0.4, -0.2) is 13.0 Å². The minimum atomic E-state index is -0.0634. The summed E-state index contributed by atoms with van der Waals surface area (Å²) in [5, 5.41) is 2.61. The van der Waals surface area contributed by atoms with E-state index in [0.29, 0.717) is 5.56 Å². The van der Waals surface area contributed by atoms with Gasteiger partial charge in [-0.1, -0.05) is 11.6 Å². The number of amides is 1. The maximum atomic E-state index is 11.4. The van der Waals surface area contributed by atoms with Crippen LogP contribution in [-0.2, 0) is 32.7 Å². The molecule has 1 aliphatic carbocycles. The molecule has 85 valence electrons. The fourth-order valence-corrected chi connectivity index (χ4v) is 1.53. The van der Waals surface area contributed by atoms with Crippen molar-refractivity contribution in [1.29, 1.82) is 0 Å². The van der Waals surface area contributed by atoms with Gasteiger partial charge in [-0.05, 0) is 18.4 Å². The Balaban J connectivity index is 0.00000144. The molecule has 1 aliphatic rings. The van der Waals surface area contributed by atoms with Gasteiger partial charge in [0, 0.05) is 39.8 Å². The third-order valence-electron chi connectivity index (χ3n) is 2.63. The van der Waals surface area contributed by atoms with Crippen LogP contribution < -0.4 is 5.32 Å². The SMILES string of the molecule is CNC(=O)c1cc[c-]c(/C=C/C2=CCC2)c1.[Y]. The Labute approximate surface area is 127 Å². The Bertz CT molecular complexity index is 463. The summed E-state index contributed by atoms with van der Waals surface area (Å²) in [6.07, 6.45) is 8.63. The molecule has 1 N–H and O–H groups in total. The van der Waals surface area contributed by atoms with Crippen LogP contribution in [0.25, 0.3) is 6.08 Å². The molecule has 3 heteroatoms. The zero-order valence-corrected chi connectivity index (χ0v) is 12.7. The van der Waals surface area contributed by atoms with E-state index in [1.54, 1.807) is 19.2 Å². The third-order valence-corrected chi connectivity index (χ3v) is 2.63. The fourth-order valence-electron chi connectivity index (χ4n) is 1.53. The number of carbonyl (C=O) groups excluding carboxylic acids is 1. The van der Waals surface area contributed by atoms with Crippen molar-refractivity contribution in [3.8, 4) is 0 Å². The van der Waals surface area contributed by atoms with Gasteiger partial charge in [-0.3, -0.25) is 4.79 Å². The van der Waals surface area contributed by atoms with Crippen LogP contribution in [0.5, 0.6) is 0 Å². The first-order valence-electron chi connectivity index (χ1n) is 5.40. The van der Waals surface area contributed by atoms with Crippen molar-refractivity contribution < 1.29 is 37.5 Å². The van der Waals surface area contributed by atoms with Gasteiger partial charge in [-0.25, -0.2) is 0 Å². The maximum absolute atomic E-state index is 11.4. The van der Waals surface area contributed by atoms with E-state index in [9.17, 15) is 4.79 Å². The molecule has 0 bridgehead atoms. The molecule has 0 unspecified atom stereocenters. The Kier molecular flexibility index (Phi) is 5.80. The standard InChI is InChI=1S/C14H14NO.Y/c1-15-14(16)13-7-3-6-12(10-13)9-8-11-4-2-5-11;/h3-4,7-10H,2,5H2,1H3,(H,15,16);/q-1;/b9-8+;. The third kappa shape index (κ3) is 3.90. The molecule has 1 aromatic carbocycles. The van der Waals surface area contributed by atoms with Crippen LogP contribution >= 0.6 is 0 Å². The average Bonchev–Trinajstić information content (AvgIpc) is 2.26. The van der Waals surface area contributed by atoms with E-state index in [1.165, 1.54) is 12.0 Å². The zero-order chi connectivity index (χ0) is 11.4. The molecule has 0 spiro atoms. The van der Waals surface area contributed by atoms with Crippen molar-refractivity contribution >= 4 is 12.0 Å². The smallest absolute Gasteiger partial charge is 0.232 e. The topological polar surface area (TPSA) is 29.1 Å². The van der Waals surface area contributed by atoms with Crippen molar-refractivity contribution in [3.05, 3.63) is 53.1 Å². The molecule has 0 aliphatic heterocycles. The number of carbonyl (C=O) groups is 1. The zero-order valence-electron chi connectivity index (χ0n) is 9.86. The predicted octanol–water partition coefficient (Wildman–Crippen LogP) is 2.58. The molecule has 0 saturated heterocycles. The van der Waals surface area contributed by atoms with Gasteiger partial charge in [-0.2, -0.15) is 0 Å². The molecule has 1 amide bonds. The number of nitrogens with one attached hydrogen (secondary N) is 1. The number of benzene rings is 1. The summed E-state index contributed by atoms with van der Waals surface area (Å²) in [6.45, 7) is 0. The molecule has 0 fully saturated rings. The van der Waals surface area contributed by atoms with Crippen LogP contribution in [0.2, 0.25) is 0 Å². The molecular weight excluding hydrogens is 287 g/mol. The van der Waals surface area contributed by atoms with Gasteiger partial charge >= 0.3 is 0 Å². The van der Waals surface area contributed by atoms with Crippen LogP contribution in [0.15, 0.2) is 35.9 Å². The summed E-state index contributed by atoms with van der Waals surface area (Å²) >= 11 is 0. The van der Waals surface area contributed by atoms with E-state index in [2.05, 4.69) is 23.5 Å². The monoisotopic (exact) mass is 301 g/mol. The van der Waals surface area contributed by atoms with Crippen molar-refractivity contribution in [2.45, 2.75) is 12.8 Å². The predicted molar refractivity (Wildman–Crippen MR) is 65.0 cm³/mol. The van der Waals surface area contributed by atoms with Gasteiger partial charge in [0.1, 0.15) is 0 Å². The number of allylic oxidation sites excluding steroid dienone is 3. The first kappa shape index (κ1) is 14.3. The van der Waals surface area contributed by atoms with Crippen LogP contribution in [0.1, 0.15) is 28.8 Å². The Hall–Kier alpha value is -0.726. The molecular formula is C14H14NOY-. The van der Waals surface area contributed by atoms with Gasteiger partial charge in [-0.15, -0.1) is 42.0 Å². The molecule has 2 nitrogen and oxygen atoms in total. The van der Waals surface area contributed by atoms with Crippen molar-refractivity contribution in [3.63, 3.8) is 0 Å². The van der Waals surface area contributed by atoms with E-state index in [0.717, 1.165) is 12.0 Å². The molecule has 0 aromatic heterocycles. The second-order valence-electron chi connectivity index (χ2n) is 3.76. The second kappa shape index (κ2) is 6.88. The molecule has 0 saturated carbocycles. The molecule has 1 radical (unpaired) electrons. The van der Waals surface area contributed by atoms with E-state index < -0.39 is 0 Å². The van der Waals surface area contributed by atoms with Gasteiger partial charge in [0.05, 0.1) is 0 Å².